The topological polar surface area (TPSA) is 74.6 Å². The van der Waals surface area contributed by atoms with Crippen LogP contribution in [0.4, 0.5) is 0 Å². The van der Waals surface area contributed by atoms with Gasteiger partial charge in [-0.2, -0.15) is 0 Å². The number of rotatable bonds is 6. The van der Waals surface area contributed by atoms with Gasteiger partial charge in [0.05, 0.1) is 11.1 Å². The van der Waals surface area contributed by atoms with E-state index in [0.29, 0.717) is 11.1 Å². The van der Waals surface area contributed by atoms with Crippen LogP contribution in [0.25, 0.3) is 0 Å². The van der Waals surface area contributed by atoms with Gasteiger partial charge in [-0.1, -0.05) is 25.0 Å². The summed E-state index contributed by atoms with van der Waals surface area (Å²) >= 11 is 0. The molecule has 0 saturated carbocycles. The lowest BCUT2D eigenvalue weighted by Gasteiger charge is -2.18. The Morgan fingerprint density at radius 1 is 0.889 bits per heavy atom. The molecule has 0 aliphatic heterocycles. The van der Waals surface area contributed by atoms with Crippen molar-refractivity contribution in [2.24, 2.45) is 5.92 Å². The van der Waals surface area contributed by atoms with Crippen LogP contribution >= 0.6 is 0 Å². The summed E-state index contributed by atoms with van der Waals surface area (Å²) in [6.07, 6.45) is 1.60. The molecule has 0 aromatic carbocycles. The lowest BCUT2D eigenvalue weighted by Crippen LogP contribution is -2.17. The normalized spacial score (nSPS) is 12.1. The predicted octanol–water partition coefficient (Wildman–Crippen LogP) is 3.24. The predicted molar refractivity (Wildman–Crippen MR) is 70.4 cm³/mol. The fraction of sp³-hybridized carbons (Fsp3) is 0.571. The molecule has 0 aromatic rings. The van der Waals surface area contributed by atoms with Crippen molar-refractivity contribution in [3.63, 3.8) is 0 Å². The van der Waals surface area contributed by atoms with E-state index in [4.69, 9.17) is 0 Å². The Bertz CT molecular complexity index is 394. The van der Waals surface area contributed by atoms with Gasteiger partial charge in [-0.05, 0) is 39.5 Å². The maximum Gasteiger partial charge on any atom is 0.336 e. The van der Waals surface area contributed by atoms with Crippen molar-refractivity contribution in [1.82, 2.24) is 0 Å². The third kappa shape index (κ3) is 3.72. The molecule has 0 aliphatic rings. The molecule has 0 heterocycles. The summed E-state index contributed by atoms with van der Waals surface area (Å²) in [7, 11) is 0. The Morgan fingerprint density at radius 3 is 1.50 bits per heavy atom. The molecule has 0 radical (unpaired) electrons. The van der Waals surface area contributed by atoms with Crippen molar-refractivity contribution in [2.45, 2.75) is 47.5 Å². The minimum absolute atomic E-state index is 0.0591. The average molecular weight is 254 g/mol. The molecule has 4 nitrogen and oxygen atoms in total. The van der Waals surface area contributed by atoms with Gasteiger partial charge in [-0.15, -0.1) is 0 Å². The van der Waals surface area contributed by atoms with E-state index in [1.807, 2.05) is 13.8 Å². The molecule has 0 saturated heterocycles. The maximum absolute atomic E-state index is 11.4. The van der Waals surface area contributed by atoms with Crippen molar-refractivity contribution in [1.29, 1.82) is 0 Å². The fourth-order valence-corrected chi connectivity index (χ4v) is 2.15. The molecule has 0 amide bonds. The first kappa shape index (κ1) is 16.4. The minimum Gasteiger partial charge on any atom is -0.478 e. The minimum atomic E-state index is -1.18. The highest BCUT2D eigenvalue weighted by atomic mass is 16.4. The Hall–Kier alpha value is -1.58. The van der Waals surface area contributed by atoms with Crippen LogP contribution < -0.4 is 0 Å². The van der Waals surface area contributed by atoms with Gasteiger partial charge >= 0.3 is 11.9 Å². The summed E-state index contributed by atoms with van der Waals surface area (Å²) in [4.78, 5) is 22.6. The standard InChI is InChI=1S/C14H22O4/c1-6-10(7-2)9(5)12(14(17)18)11(8(3)4)13(15)16/h10H,6-7H2,1-5H3,(H,15,16)(H,17,18). The number of hydrogen-bond donors (Lipinski definition) is 2. The number of carboxylic acids is 2. The molecule has 102 valence electrons. The third-order valence-corrected chi connectivity index (χ3v) is 3.17. The first-order valence-electron chi connectivity index (χ1n) is 6.12. The fourth-order valence-electron chi connectivity index (χ4n) is 2.15. The van der Waals surface area contributed by atoms with E-state index in [2.05, 4.69) is 0 Å². The zero-order valence-corrected chi connectivity index (χ0v) is 11.7. The zero-order valence-electron chi connectivity index (χ0n) is 11.7. The molecule has 0 aliphatic carbocycles. The molecule has 0 aromatic heterocycles. The van der Waals surface area contributed by atoms with Crippen molar-refractivity contribution in [3.05, 3.63) is 22.3 Å². The summed E-state index contributed by atoms with van der Waals surface area (Å²) in [5.74, 6) is -2.25. The van der Waals surface area contributed by atoms with Gasteiger partial charge < -0.3 is 10.2 Å². The quantitative estimate of drug-likeness (QED) is 0.563. The van der Waals surface area contributed by atoms with Crippen molar-refractivity contribution in [3.8, 4) is 0 Å². The Labute approximate surface area is 108 Å². The molecule has 4 heteroatoms. The molecule has 0 atom stereocenters. The zero-order chi connectivity index (χ0) is 14.5. The molecule has 0 fully saturated rings. The summed E-state index contributed by atoms with van der Waals surface area (Å²) in [6.45, 7) is 8.90. The van der Waals surface area contributed by atoms with Gasteiger partial charge in [0.25, 0.3) is 0 Å². The highest BCUT2D eigenvalue weighted by Crippen LogP contribution is 2.27. The SMILES string of the molecule is CCC(CC)C(C)=C(C(=O)O)C(C(=O)O)=C(C)C. The van der Waals surface area contributed by atoms with Crippen molar-refractivity contribution >= 4 is 11.9 Å². The van der Waals surface area contributed by atoms with Crippen molar-refractivity contribution in [2.75, 3.05) is 0 Å². The summed E-state index contributed by atoms with van der Waals surface area (Å²) in [5, 5.41) is 18.5. The van der Waals surface area contributed by atoms with Crippen LogP contribution in [-0.2, 0) is 9.59 Å². The number of hydrogen-bond acceptors (Lipinski definition) is 2. The first-order valence-corrected chi connectivity index (χ1v) is 6.12. The van der Waals surface area contributed by atoms with E-state index in [-0.39, 0.29) is 17.1 Å². The molecule has 0 unspecified atom stereocenters. The Kier molecular flexibility index (Phi) is 6.37. The molecular formula is C14H22O4. The van der Waals surface area contributed by atoms with Gasteiger partial charge in [-0.25, -0.2) is 9.59 Å². The molecule has 0 bridgehead atoms. The van der Waals surface area contributed by atoms with Gasteiger partial charge in [0.1, 0.15) is 0 Å². The Balaban J connectivity index is 6.01. The molecule has 0 rings (SSSR count). The lowest BCUT2D eigenvalue weighted by atomic mass is 9.87. The van der Waals surface area contributed by atoms with Gasteiger partial charge in [-0.3, -0.25) is 0 Å². The summed E-state index contributed by atoms with van der Waals surface area (Å²) < 4.78 is 0. The van der Waals surface area contributed by atoms with E-state index in [9.17, 15) is 19.8 Å². The monoisotopic (exact) mass is 254 g/mol. The summed E-state index contributed by atoms with van der Waals surface area (Å²) in [6, 6.07) is 0. The summed E-state index contributed by atoms with van der Waals surface area (Å²) in [5.41, 5.74) is 0.999. The van der Waals surface area contributed by atoms with Crippen LogP contribution in [0.15, 0.2) is 22.3 Å². The molecular weight excluding hydrogens is 232 g/mol. The van der Waals surface area contributed by atoms with Crippen LogP contribution in [0.3, 0.4) is 0 Å². The second kappa shape index (κ2) is 6.99. The maximum atomic E-state index is 11.4. The van der Waals surface area contributed by atoms with Crippen LogP contribution in [0.2, 0.25) is 0 Å². The molecule has 0 spiro atoms. The van der Waals surface area contributed by atoms with Crippen LogP contribution in [0.5, 0.6) is 0 Å². The largest absolute Gasteiger partial charge is 0.478 e. The molecule has 18 heavy (non-hydrogen) atoms. The smallest absolute Gasteiger partial charge is 0.336 e. The van der Waals surface area contributed by atoms with Crippen LogP contribution in [0.1, 0.15) is 47.5 Å². The lowest BCUT2D eigenvalue weighted by molar-refractivity contribution is -0.136. The number of carboxylic acid groups (broad SMARTS) is 2. The second-order valence-electron chi connectivity index (χ2n) is 4.56. The van der Waals surface area contributed by atoms with E-state index in [0.717, 1.165) is 12.8 Å². The third-order valence-electron chi connectivity index (χ3n) is 3.17. The van der Waals surface area contributed by atoms with E-state index in [1.165, 1.54) is 0 Å². The van der Waals surface area contributed by atoms with Crippen molar-refractivity contribution < 1.29 is 19.8 Å². The highest BCUT2D eigenvalue weighted by molar-refractivity contribution is 6.06. The number of carbonyl (C=O) groups is 2. The van der Waals surface area contributed by atoms with E-state index >= 15 is 0 Å². The first-order chi connectivity index (χ1) is 8.27. The van der Waals surface area contributed by atoms with Crippen LogP contribution in [-0.4, -0.2) is 22.2 Å². The van der Waals surface area contributed by atoms with E-state index in [1.54, 1.807) is 20.8 Å². The van der Waals surface area contributed by atoms with Crippen LogP contribution in [0, 0.1) is 5.92 Å². The Morgan fingerprint density at radius 2 is 1.28 bits per heavy atom. The highest BCUT2D eigenvalue weighted by Gasteiger charge is 2.25. The van der Waals surface area contributed by atoms with Gasteiger partial charge in [0, 0.05) is 0 Å². The molecule has 2 N–H and O–H groups in total. The number of allylic oxidation sites excluding steroid dienone is 2. The average Bonchev–Trinajstić information content (AvgIpc) is 2.25. The number of aliphatic carboxylic acids is 2. The van der Waals surface area contributed by atoms with Gasteiger partial charge in [0.15, 0.2) is 0 Å². The second-order valence-corrected chi connectivity index (χ2v) is 4.56. The van der Waals surface area contributed by atoms with Gasteiger partial charge in [0.2, 0.25) is 0 Å². The van der Waals surface area contributed by atoms with E-state index < -0.39 is 11.9 Å².